The summed E-state index contributed by atoms with van der Waals surface area (Å²) in [7, 11) is 1.30. The van der Waals surface area contributed by atoms with Crippen LogP contribution in [0, 0.1) is 0 Å². The number of aromatic amines is 1. The van der Waals surface area contributed by atoms with Crippen LogP contribution in [-0.4, -0.2) is 29.0 Å². The van der Waals surface area contributed by atoms with Gasteiger partial charge in [0.05, 0.1) is 18.1 Å². The number of imidazole rings is 1. The fourth-order valence-corrected chi connectivity index (χ4v) is 2.63. The van der Waals surface area contributed by atoms with E-state index < -0.39 is 12.0 Å². The number of H-pyrrole nitrogens is 1. The summed E-state index contributed by atoms with van der Waals surface area (Å²) >= 11 is 0. The summed E-state index contributed by atoms with van der Waals surface area (Å²) in [5.41, 5.74) is 2.50. The van der Waals surface area contributed by atoms with E-state index in [2.05, 4.69) is 15.3 Å². The molecule has 2 N–H and O–H groups in total. The van der Waals surface area contributed by atoms with Crippen molar-refractivity contribution in [3.8, 4) is 0 Å². The van der Waals surface area contributed by atoms with Crippen LogP contribution in [0.3, 0.4) is 0 Å². The number of aryl methyl sites for hydroxylation is 1. The van der Waals surface area contributed by atoms with Crippen LogP contribution >= 0.6 is 0 Å². The Balaban J connectivity index is 1.64. The van der Waals surface area contributed by atoms with Crippen molar-refractivity contribution in [3.05, 3.63) is 66.0 Å². The number of methoxy groups -OCH3 is 1. The Morgan fingerprint density at radius 1 is 1.12 bits per heavy atom. The van der Waals surface area contributed by atoms with E-state index >= 15 is 0 Å². The first-order valence-electron chi connectivity index (χ1n) is 8.03. The summed E-state index contributed by atoms with van der Waals surface area (Å²) in [6, 6.07) is 15.9. The number of carbonyl (C=O) groups excluding carboxylic acids is 2. The number of nitrogens with zero attached hydrogens (tertiary/aromatic N) is 1. The zero-order chi connectivity index (χ0) is 17.6. The Morgan fingerprint density at radius 3 is 2.56 bits per heavy atom. The third kappa shape index (κ3) is 4.03. The van der Waals surface area contributed by atoms with Crippen molar-refractivity contribution in [2.24, 2.45) is 0 Å². The van der Waals surface area contributed by atoms with Crippen molar-refractivity contribution in [2.75, 3.05) is 7.11 Å². The normalized spacial score (nSPS) is 11.9. The Kier molecular flexibility index (Phi) is 5.09. The summed E-state index contributed by atoms with van der Waals surface area (Å²) in [6.45, 7) is 0. The second-order valence-electron chi connectivity index (χ2n) is 5.64. The Labute approximate surface area is 145 Å². The molecule has 6 nitrogen and oxygen atoms in total. The summed E-state index contributed by atoms with van der Waals surface area (Å²) in [4.78, 5) is 31.9. The minimum Gasteiger partial charge on any atom is -0.467 e. The lowest BCUT2D eigenvalue weighted by molar-refractivity contribution is -0.145. The van der Waals surface area contributed by atoms with Gasteiger partial charge in [-0.05, 0) is 17.7 Å². The predicted octanol–water partition coefficient (Wildman–Crippen LogP) is 2.53. The first-order chi connectivity index (χ1) is 12.2. The lowest BCUT2D eigenvalue weighted by atomic mass is 10.1. The molecule has 1 heterocycles. The fourth-order valence-electron chi connectivity index (χ4n) is 2.63. The van der Waals surface area contributed by atoms with Crippen molar-refractivity contribution < 1.29 is 14.3 Å². The van der Waals surface area contributed by atoms with Gasteiger partial charge in [-0.25, -0.2) is 9.78 Å². The second-order valence-corrected chi connectivity index (χ2v) is 5.64. The van der Waals surface area contributed by atoms with Gasteiger partial charge < -0.3 is 15.0 Å². The molecule has 0 spiro atoms. The molecule has 1 amide bonds. The molecule has 25 heavy (non-hydrogen) atoms. The Hall–Kier alpha value is -3.15. The maximum Gasteiger partial charge on any atom is 0.333 e. The number of aromatic nitrogens is 2. The van der Waals surface area contributed by atoms with E-state index in [9.17, 15) is 9.59 Å². The van der Waals surface area contributed by atoms with Crippen LogP contribution in [0.4, 0.5) is 0 Å². The number of hydrogen-bond donors (Lipinski definition) is 2. The molecular formula is C19H19N3O3. The molecule has 3 rings (SSSR count). The second kappa shape index (κ2) is 7.61. The number of carbonyl (C=O) groups is 2. The summed E-state index contributed by atoms with van der Waals surface area (Å²) in [5, 5.41) is 2.73. The number of esters is 1. The van der Waals surface area contributed by atoms with Gasteiger partial charge in [0.1, 0.15) is 5.82 Å². The van der Waals surface area contributed by atoms with Crippen LogP contribution in [0.15, 0.2) is 54.6 Å². The molecule has 0 unspecified atom stereocenters. The highest BCUT2D eigenvalue weighted by Crippen LogP contribution is 2.15. The van der Waals surface area contributed by atoms with Crippen LogP contribution in [0.2, 0.25) is 0 Å². The smallest absolute Gasteiger partial charge is 0.333 e. The highest BCUT2D eigenvalue weighted by Gasteiger charge is 2.23. The van der Waals surface area contributed by atoms with E-state index in [1.54, 1.807) is 12.1 Å². The van der Waals surface area contributed by atoms with Gasteiger partial charge >= 0.3 is 5.97 Å². The zero-order valence-corrected chi connectivity index (χ0v) is 13.9. The average Bonchev–Trinajstić information content (AvgIpc) is 3.07. The largest absolute Gasteiger partial charge is 0.467 e. The van der Waals surface area contributed by atoms with Gasteiger partial charge in [-0.15, -0.1) is 0 Å². The van der Waals surface area contributed by atoms with Crippen molar-refractivity contribution in [1.82, 2.24) is 15.3 Å². The van der Waals surface area contributed by atoms with Crippen molar-refractivity contribution in [2.45, 2.75) is 18.9 Å². The SMILES string of the molecule is COC(=O)[C@H](NC(=O)CCc1nc2ccccc2[nH]1)c1ccccc1. The molecular weight excluding hydrogens is 318 g/mol. The number of hydrogen-bond acceptors (Lipinski definition) is 4. The number of amides is 1. The Bertz CT molecular complexity index is 841. The number of ether oxygens (including phenoxy) is 1. The van der Waals surface area contributed by atoms with Gasteiger partial charge in [0.15, 0.2) is 6.04 Å². The van der Waals surface area contributed by atoms with Gasteiger partial charge in [-0.1, -0.05) is 42.5 Å². The van der Waals surface area contributed by atoms with Gasteiger partial charge in [-0.3, -0.25) is 4.79 Å². The van der Waals surface area contributed by atoms with E-state index in [1.165, 1.54) is 7.11 Å². The van der Waals surface area contributed by atoms with E-state index in [1.807, 2.05) is 42.5 Å². The van der Waals surface area contributed by atoms with Crippen molar-refractivity contribution >= 4 is 22.9 Å². The van der Waals surface area contributed by atoms with Gasteiger partial charge in [0.25, 0.3) is 0 Å². The van der Waals surface area contributed by atoms with E-state index in [4.69, 9.17) is 4.74 Å². The molecule has 6 heteroatoms. The molecule has 0 saturated heterocycles. The van der Waals surface area contributed by atoms with Crippen molar-refractivity contribution in [3.63, 3.8) is 0 Å². The number of nitrogens with one attached hydrogen (secondary N) is 2. The van der Waals surface area contributed by atoms with Crippen LogP contribution in [-0.2, 0) is 20.7 Å². The molecule has 128 valence electrons. The molecule has 1 atom stereocenters. The molecule has 1 aromatic heterocycles. The third-order valence-electron chi connectivity index (χ3n) is 3.90. The van der Waals surface area contributed by atoms with Gasteiger partial charge in [0.2, 0.25) is 5.91 Å². The molecule has 2 aromatic carbocycles. The highest BCUT2D eigenvalue weighted by molar-refractivity contribution is 5.85. The molecule has 0 saturated carbocycles. The maximum atomic E-state index is 12.3. The number of para-hydroxylation sites is 2. The molecule has 0 fully saturated rings. The fraction of sp³-hybridized carbons (Fsp3) is 0.211. The highest BCUT2D eigenvalue weighted by atomic mass is 16.5. The van der Waals surface area contributed by atoms with Crippen LogP contribution < -0.4 is 5.32 Å². The number of benzene rings is 2. The van der Waals surface area contributed by atoms with Gasteiger partial charge in [0, 0.05) is 12.8 Å². The van der Waals surface area contributed by atoms with E-state index in [0.717, 1.165) is 16.9 Å². The minimum absolute atomic E-state index is 0.222. The average molecular weight is 337 g/mol. The standard InChI is InChI=1S/C19H19N3O3/c1-25-19(24)18(13-7-3-2-4-8-13)22-17(23)12-11-16-20-14-9-5-6-10-15(14)21-16/h2-10,18H,11-12H2,1H3,(H,20,21)(H,22,23)/t18-/m1/s1. The first-order valence-corrected chi connectivity index (χ1v) is 8.03. The summed E-state index contributed by atoms with van der Waals surface area (Å²) in [6.07, 6.45) is 0.684. The topological polar surface area (TPSA) is 84.1 Å². The monoisotopic (exact) mass is 337 g/mol. The predicted molar refractivity (Wildman–Crippen MR) is 93.8 cm³/mol. The van der Waals surface area contributed by atoms with Gasteiger partial charge in [-0.2, -0.15) is 0 Å². The first kappa shape index (κ1) is 16.7. The summed E-state index contributed by atoms with van der Waals surface area (Å²) in [5.74, 6) is 0.00803. The molecule has 3 aromatic rings. The third-order valence-corrected chi connectivity index (χ3v) is 3.90. The molecule has 0 bridgehead atoms. The van der Waals surface area contributed by atoms with Crippen LogP contribution in [0.25, 0.3) is 11.0 Å². The van der Waals surface area contributed by atoms with Crippen molar-refractivity contribution in [1.29, 1.82) is 0 Å². The summed E-state index contributed by atoms with van der Waals surface area (Å²) < 4.78 is 4.80. The molecule has 0 radical (unpaired) electrons. The van der Waals surface area contributed by atoms with Crippen LogP contribution in [0.5, 0.6) is 0 Å². The molecule has 0 aliphatic heterocycles. The maximum absolute atomic E-state index is 12.3. The quantitative estimate of drug-likeness (QED) is 0.677. The lowest BCUT2D eigenvalue weighted by Gasteiger charge is -2.16. The number of fused-ring (bicyclic) bond motifs is 1. The lowest BCUT2D eigenvalue weighted by Crippen LogP contribution is -2.34. The zero-order valence-electron chi connectivity index (χ0n) is 13.9. The minimum atomic E-state index is -0.811. The van der Waals surface area contributed by atoms with E-state index in [-0.39, 0.29) is 12.3 Å². The molecule has 0 aliphatic rings. The Morgan fingerprint density at radius 2 is 1.84 bits per heavy atom. The van der Waals surface area contributed by atoms with E-state index in [0.29, 0.717) is 12.0 Å². The molecule has 0 aliphatic carbocycles. The van der Waals surface area contributed by atoms with Crippen LogP contribution in [0.1, 0.15) is 23.9 Å². The number of rotatable bonds is 6.